The molecule has 0 saturated carbocycles. The van der Waals surface area contributed by atoms with Gasteiger partial charge in [0.2, 0.25) is 15.9 Å². The smallest absolute Gasteiger partial charge is 0.253 e. The largest absolute Gasteiger partial charge is 0.352 e. The molecule has 2 aromatic carbocycles. The predicted octanol–water partition coefficient (Wildman–Crippen LogP) is 3.57. The fraction of sp³-hybridized carbons (Fsp3) is 0.391. The number of anilines is 2. The number of hydrogen-bond donors (Lipinski definition) is 2. The Kier molecular flexibility index (Phi) is 8.62. The van der Waals surface area contributed by atoms with Crippen molar-refractivity contribution < 1.29 is 18.0 Å². The summed E-state index contributed by atoms with van der Waals surface area (Å²) < 4.78 is 25.8. The van der Waals surface area contributed by atoms with Crippen LogP contribution in [0.15, 0.2) is 48.5 Å². The van der Waals surface area contributed by atoms with E-state index in [1.807, 2.05) is 32.9 Å². The summed E-state index contributed by atoms with van der Waals surface area (Å²) in [5, 5.41) is 5.62. The van der Waals surface area contributed by atoms with E-state index in [1.54, 1.807) is 36.4 Å². The van der Waals surface area contributed by atoms with Crippen molar-refractivity contribution in [3.8, 4) is 0 Å². The first-order chi connectivity index (χ1) is 14.6. The van der Waals surface area contributed by atoms with Gasteiger partial charge in [-0.3, -0.25) is 13.9 Å². The van der Waals surface area contributed by atoms with Crippen LogP contribution in [0.25, 0.3) is 0 Å². The molecule has 0 saturated heterocycles. The van der Waals surface area contributed by atoms with Gasteiger partial charge >= 0.3 is 0 Å². The highest BCUT2D eigenvalue weighted by atomic mass is 32.2. The molecule has 2 rings (SSSR count). The molecule has 0 unspecified atom stereocenters. The summed E-state index contributed by atoms with van der Waals surface area (Å²) in [6.07, 6.45) is 1.63. The summed E-state index contributed by atoms with van der Waals surface area (Å²) in [4.78, 5) is 24.9. The fourth-order valence-electron chi connectivity index (χ4n) is 3.09. The van der Waals surface area contributed by atoms with Crippen molar-refractivity contribution in [2.75, 3.05) is 29.0 Å². The first-order valence-electron chi connectivity index (χ1n) is 10.3. The molecule has 8 heteroatoms. The molecule has 0 atom stereocenters. The summed E-state index contributed by atoms with van der Waals surface area (Å²) in [6, 6.07) is 14.1. The average molecular weight is 446 g/mol. The highest BCUT2D eigenvalue weighted by Crippen LogP contribution is 2.22. The van der Waals surface area contributed by atoms with Crippen molar-refractivity contribution in [3.05, 3.63) is 59.7 Å². The van der Waals surface area contributed by atoms with E-state index in [-0.39, 0.29) is 24.8 Å². The van der Waals surface area contributed by atoms with Crippen LogP contribution >= 0.6 is 0 Å². The topological polar surface area (TPSA) is 95.6 Å². The summed E-state index contributed by atoms with van der Waals surface area (Å²) in [5.74, 6) is -0.202. The number of para-hydroxylation sites is 2. The van der Waals surface area contributed by atoms with Gasteiger partial charge in [-0.05, 0) is 43.0 Å². The Bertz CT molecular complexity index is 1020. The number of nitrogens with zero attached hydrogens (tertiary/aromatic N) is 1. The summed E-state index contributed by atoms with van der Waals surface area (Å²) in [5.41, 5.74) is 2.29. The number of carbonyl (C=O) groups excluding carboxylic acids is 2. The molecule has 2 aromatic rings. The maximum Gasteiger partial charge on any atom is 0.253 e. The zero-order valence-corrected chi connectivity index (χ0v) is 19.3. The lowest BCUT2D eigenvalue weighted by Gasteiger charge is -2.24. The SMILES string of the molecule is Cc1ccccc1N(CCCC(=O)Nc1ccccc1C(=O)NCC(C)C)S(C)(=O)=O. The number of sulfonamides is 1. The van der Waals surface area contributed by atoms with Crippen molar-refractivity contribution in [2.24, 2.45) is 5.92 Å². The van der Waals surface area contributed by atoms with Gasteiger partial charge in [0.05, 0.1) is 23.2 Å². The van der Waals surface area contributed by atoms with Gasteiger partial charge in [0.25, 0.3) is 5.91 Å². The second kappa shape index (κ2) is 10.9. The van der Waals surface area contributed by atoms with Crippen LogP contribution in [0.4, 0.5) is 11.4 Å². The summed E-state index contributed by atoms with van der Waals surface area (Å²) in [7, 11) is -3.48. The lowest BCUT2D eigenvalue weighted by Crippen LogP contribution is -2.32. The van der Waals surface area contributed by atoms with Crippen molar-refractivity contribution in [1.82, 2.24) is 5.32 Å². The van der Waals surface area contributed by atoms with Gasteiger partial charge in [0.15, 0.2) is 0 Å². The van der Waals surface area contributed by atoms with E-state index in [2.05, 4.69) is 10.6 Å². The Hall–Kier alpha value is -2.87. The minimum Gasteiger partial charge on any atom is -0.352 e. The lowest BCUT2D eigenvalue weighted by molar-refractivity contribution is -0.116. The summed E-state index contributed by atoms with van der Waals surface area (Å²) >= 11 is 0. The third kappa shape index (κ3) is 7.40. The molecule has 0 heterocycles. The van der Waals surface area contributed by atoms with Gasteiger partial charge in [0, 0.05) is 19.5 Å². The van der Waals surface area contributed by atoms with Crippen molar-refractivity contribution >= 4 is 33.2 Å². The summed E-state index contributed by atoms with van der Waals surface area (Å²) in [6.45, 7) is 6.59. The predicted molar refractivity (Wildman–Crippen MR) is 125 cm³/mol. The Morgan fingerprint density at radius 2 is 1.68 bits per heavy atom. The van der Waals surface area contributed by atoms with Crippen LogP contribution in [0.1, 0.15) is 42.6 Å². The van der Waals surface area contributed by atoms with E-state index >= 15 is 0 Å². The average Bonchev–Trinajstić information content (AvgIpc) is 2.69. The molecule has 0 spiro atoms. The standard InChI is InChI=1S/C23H31N3O4S/c1-17(2)16-24-23(28)19-11-6-7-12-20(19)25-22(27)14-9-15-26(31(4,29)30)21-13-8-5-10-18(21)3/h5-8,10-13,17H,9,14-16H2,1-4H3,(H,24,28)(H,25,27). The lowest BCUT2D eigenvalue weighted by atomic mass is 10.1. The quantitative estimate of drug-likeness (QED) is 0.584. The van der Waals surface area contributed by atoms with Gasteiger partial charge in [-0.25, -0.2) is 8.42 Å². The Balaban J connectivity index is 2.01. The maximum atomic E-state index is 12.5. The minimum atomic E-state index is -3.48. The van der Waals surface area contributed by atoms with E-state index in [0.717, 1.165) is 11.8 Å². The molecule has 0 fully saturated rings. The number of benzene rings is 2. The van der Waals surface area contributed by atoms with Gasteiger partial charge in [0.1, 0.15) is 0 Å². The Morgan fingerprint density at radius 3 is 2.32 bits per heavy atom. The first kappa shape index (κ1) is 24.4. The van der Waals surface area contributed by atoms with E-state index in [0.29, 0.717) is 35.8 Å². The van der Waals surface area contributed by atoms with E-state index in [9.17, 15) is 18.0 Å². The van der Waals surface area contributed by atoms with Gasteiger partial charge in [-0.2, -0.15) is 0 Å². The van der Waals surface area contributed by atoms with Gasteiger partial charge < -0.3 is 10.6 Å². The first-order valence-corrected chi connectivity index (χ1v) is 12.1. The maximum absolute atomic E-state index is 12.5. The monoisotopic (exact) mass is 445 g/mol. The van der Waals surface area contributed by atoms with Crippen LogP contribution in [0.2, 0.25) is 0 Å². The molecule has 0 aliphatic heterocycles. The van der Waals surface area contributed by atoms with E-state index < -0.39 is 10.0 Å². The number of amides is 2. The van der Waals surface area contributed by atoms with E-state index in [4.69, 9.17) is 0 Å². The van der Waals surface area contributed by atoms with Gasteiger partial charge in [-0.1, -0.05) is 44.2 Å². The van der Waals surface area contributed by atoms with Crippen LogP contribution in [0.5, 0.6) is 0 Å². The molecule has 0 aromatic heterocycles. The molecule has 0 radical (unpaired) electrons. The third-order valence-electron chi connectivity index (χ3n) is 4.67. The van der Waals surface area contributed by atoms with E-state index in [1.165, 1.54) is 4.31 Å². The van der Waals surface area contributed by atoms with Crippen LogP contribution in [-0.2, 0) is 14.8 Å². The Labute approximate surface area is 184 Å². The van der Waals surface area contributed by atoms with Crippen LogP contribution < -0.4 is 14.9 Å². The van der Waals surface area contributed by atoms with Crippen molar-refractivity contribution in [1.29, 1.82) is 0 Å². The molecule has 31 heavy (non-hydrogen) atoms. The molecular formula is C23H31N3O4S. The number of carbonyl (C=O) groups is 2. The second-order valence-electron chi connectivity index (χ2n) is 7.92. The van der Waals surface area contributed by atoms with Gasteiger partial charge in [-0.15, -0.1) is 0 Å². The van der Waals surface area contributed by atoms with Crippen LogP contribution in [0, 0.1) is 12.8 Å². The zero-order valence-electron chi connectivity index (χ0n) is 18.5. The zero-order chi connectivity index (χ0) is 23.0. The normalized spacial score (nSPS) is 11.3. The Morgan fingerprint density at radius 1 is 1.03 bits per heavy atom. The molecule has 0 aliphatic rings. The number of hydrogen-bond acceptors (Lipinski definition) is 4. The third-order valence-corrected chi connectivity index (χ3v) is 5.85. The second-order valence-corrected chi connectivity index (χ2v) is 9.83. The molecule has 2 amide bonds. The van der Waals surface area contributed by atoms with Crippen LogP contribution in [0.3, 0.4) is 0 Å². The number of rotatable bonds is 10. The highest BCUT2D eigenvalue weighted by molar-refractivity contribution is 7.92. The molecular weight excluding hydrogens is 414 g/mol. The van der Waals surface area contributed by atoms with Crippen molar-refractivity contribution in [2.45, 2.75) is 33.6 Å². The molecule has 2 N–H and O–H groups in total. The number of aryl methyl sites for hydroxylation is 1. The van der Waals surface area contributed by atoms with Crippen molar-refractivity contribution in [3.63, 3.8) is 0 Å². The fourth-order valence-corrected chi connectivity index (χ4v) is 4.11. The number of nitrogens with one attached hydrogen (secondary N) is 2. The molecule has 7 nitrogen and oxygen atoms in total. The molecule has 0 aliphatic carbocycles. The highest BCUT2D eigenvalue weighted by Gasteiger charge is 2.19. The minimum absolute atomic E-state index is 0.125. The molecule has 0 bridgehead atoms. The van der Waals surface area contributed by atoms with Crippen LogP contribution in [-0.4, -0.2) is 39.6 Å². The molecule has 168 valence electrons.